The molecule has 1 unspecified atom stereocenters. The Labute approximate surface area is 118 Å². The number of ether oxygens (including phenoxy) is 1. The van der Waals surface area contributed by atoms with E-state index in [4.69, 9.17) is 4.74 Å². The van der Waals surface area contributed by atoms with Gasteiger partial charge in [-0.25, -0.2) is 4.39 Å². The van der Waals surface area contributed by atoms with Crippen LogP contribution in [0.15, 0.2) is 42.5 Å². The molecule has 1 atom stereocenters. The lowest BCUT2D eigenvalue weighted by molar-refractivity contribution is 0.305. The summed E-state index contributed by atoms with van der Waals surface area (Å²) in [7, 11) is 1.99. The lowest BCUT2D eigenvalue weighted by atomic mass is 10.1. The zero-order chi connectivity index (χ0) is 13.9. The summed E-state index contributed by atoms with van der Waals surface area (Å²) in [4.78, 5) is 0. The van der Waals surface area contributed by atoms with E-state index in [1.165, 1.54) is 23.3 Å². The minimum Gasteiger partial charge on any atom is -0.489 e. The summed E-state index contributed by atoms with van der Waals surface area (Å²) in [5, 5.41) is 3.32. The second-order valence-electron chi connectivity index (χ2n) is 5.16. The lowest BCUT2D eigenvalue weighted by Crippen LogP contribution is -2.12. The zero-order valence-corrected chi connectivity index (χ0v) is 11.5. The summed E-state index contributed by atoms with van der Waals surface area (Å²) in [6, 6.07) is 13.2. The largest absolute Gasteiger partial charge is 0.489 e. The monoisotopic (exact) mass is 271 g/mol. The molecule has 2 aromatic carbocycles. The molecule has 0 spiro atoms. The molecule has 0 amide bonds. The molecule has 104 valence electrons. The molecule has 1 aliphatic carbocycles. The van der Waals surface area contributed by atoms with Crippen molar-refractivity contribution in [3.05, 3.63) is 65.0 Å². The van der Waals surface area contributed by atoms with E-state index in [9.17, 15) is 4.39 Å². The van der Waals surface area contributed by atoms with Crippen molar-refractivity contribution in [1.82, 2.24) is 5.32 Å². The lowest BCUT2D eigenvalue weighted by Gasteiger charge is -2.11. The number of hydrogen-bond donors (Lipinski definition) is 1. The smallest absolute Gasteiger partial charge is 0.123 e. The summed E-state index contributed by atoms with van der Waals surface area (Å²) < 4.78 is 18.8. The van der Waals surface area contributed by atoms with Crippen LogP contribution in [0.2, 0.25) is 0 Å². The van der Waals surface area contributed by atoms with Gasteiger partial charge in [-0.3, -0.25) is 0 Å². The van der Waals surface area contributed by atoms with Crippen LogP contribution in [-0.2, 0) is 13.0 Å². The van der Waals surface area contributed by atoms with Gasteiger partial charge in [0.25, 0.3) is 0 Å². The van der Waals surface area contributed by atoms with Crippen LogP contribution in [0.3, 0.4) is 0 Å². The maximum absolute atomic E-state index is 13.1. The number of halogens is 1. The molecule has 0 saturated carbocycles. The minimum absolute atomic E-state index is 0.225. The van der Waals surface area contributed by atoms with Gasteiger partial charge in [0.15, 0.2) is 0 Å². The molecule has 3 heteroatoms. The van der Waals surface area contributed by atoms with Crippen LogP contribution in [0, 0.1) is 5.82 Å². The quantitative estimate of drug-likeness (QED) is 0.917. The molecule has 1 aliphatic rings. The van der Waals surface area contributed by atoms with E-state index in [0.717, 1.165) is 24.2 Å². The van der Waals surface area contributed by atoms with Gasteiger partial charge in [0, 0.05) is 6.04 Å². The average Bonchev–Trinajstić information content (AvgIpc) is 2.87. The fraction of sp³-hybridized carbons (Fsp3) is 0.294. The molecule has 0 heterocycles. The second kappa shape index (κ2) is 5.63. The number of hydrogen-bond acceptors (Lipinski definition) is 2. The van der Waals surface area contributed by atoms with Gasteiger partial charge in [0.1, 0.15) is 18.2 Å². The van der Waals surface area contributed by atoms with Crippen molar-refractivity contribution in [2.45, 2.75) is 25.5 Å². The van der Waals surface area contributed by atoms with Crippen molar-refractivity contribution >= 4 is 0 Å². The molecule has 2 aromatic rings. The molecule has 1 N–H and O–H groups in total. The Morgan fingerprint density at radius 1 is 1.25 bits per heavy atom. The number of fused-ring (bicyclic) bond motifs is 1. The predicted octanol–water partition coefficient (Wildman–Crippen LogP) is 3.61. The first kappa shape index (κ1) is 13.1. The third-order valence-corrected chi connectivity index (χ3v) is 3.84. The van der Waals surface area contributed by atoms with E-state index in [1.807, 2.05) is 19.2 Å². The molecular formula is C17H18FNO. The van der Waals surface area contributed by atoms with Crippen molar-refractivity contribution < 1.29 is 9.13 Å². The first-order valence-corrected chi connectivity index (χ1v) is 6.93. The number of benzene rings is 2. The SMILES string of the molecule is CNC1CCc2cc(OCc3cccc(F)c3)ccc21. The molecule has 2 nitrogen and oxygen atoms in total. The summed E-state index contributed by atoms with van der Waals surface area (Å²) in [6.45, 7) is 0.395. The highest BCUT2D eigenvalue weighted by Crippen LogP contribution is 2.33. The van der Waals surface area contributed by atoms with Crippen LogP contribution >= 0.6 is 0 Å². The van der Waals surface area contributed by atoms with Gasteiger partial charge in [-0.2, -0.15) is 0 Å². The molecule has 0 saturated heterocycles. The third-order valence-electron chi connectivity index (χ3n) is 3.84. The van der Waals surface area contributed by atoms with E-state index in [0.29, 0.717) is 12.6 Å². The fourth-order valence-electron chi connectivity index (χ4n) is 2.78. The van der Waals surface area contributed by atoms with Crippen LogP contribution in [0.1, 0.15) is 29.2 Å². The molecule has 0 aliphatic heterocycles. The van der Waals surface area contributed by atoms with Crippen LogP contribution < -0.4 is 10.1 Å². The van der Waals surface area contributed by atoms with E-state index >= 15 is 0 Å². The zero-order valence-electron chi connectivity index (χ0n) is 11.5. The summed E-state index contributed by atoms with van der Waals surface area (Å²) in [5.74, 6) is 0.627. The van der Waals surface area contributed by atoms with Crippen molar-refractivity contribution in [1.29, 1.82) is 0 Å². The minimum atomic E-state index is -0.225. The van der Waals surface area contributed by atoms with E-state index in [2.05, 4.69) is 17.4 Å². The van der Waals surface area contributed by atoms with Crippen LogP contribution in [0.25, 0.3) is 0 Å². The van der Waals surface area contributed by atoms with Gasteiger partial charge in [-0.1, -0.05) is 18.2 Å². The Morgan fingerprint density at radius 3 is 2.95 bits per heavy atom. The van der Waals surface area contributed by atoms with E-state index < -0.39 is 0 Å². The van der Waals surface area contributed by atoms with Crippen molar-refractivity contribution in [2.75, 3.05) is 7.05 Å². The van der Waals surface area contributed by atoms with Crippen LogP contribution in [0.5, 0.6) is 5.75 Å². The highest BCUT2D eigenvalue weighted by Gasteiger charge is 2.20. The number of rotatable bonds is 4. The maximum atomic E-state index is 13.1. The predicted molar refractivity (Wildman–Crippen MR) is 77.3 cm³/mol. The molecule has 3 rings (SSSR count). The highest BCUT2D eigenvalue weighted by molar-refractivity contribution is 5.40. The Morgan fingerprint density at radius 2 is 2.15 bits per heavy atom. The maximum Gasteiger partial charge on any atom is 0.123 e. The normalized spacial score (nSPS) is 17.0. The topological polar surface area (TPSA) is 21.3 Å². The Balaban J connectivity index is 1.70. The third kappa shape index (κ3) is 2.68. The summed E-state index contributed by atoms with van der Waals surface area (Å²) in [5.41, 5.74) is 3.56. The molecule has 20 heavy (non-hydrogen) atoms. The first-order valence-electron chi connectivity index (χ1n) is 6.93. The molecule has 0 bridgehead atoms. The molecular weight excluding hydrogens is 253 g/mol. The van der Waals surface area contributed by atoms with Gasteiger partial charge in [0.05, 0.1) is 0 Å². The molecule has 0 aromatic heterocycles. The second-order valence-corrected chi connectivity index (χ2v) is 5.16. The summed E-state index contributed by atoms with van der Waals surface area (Å²) in [6.07, 6.45) is 2.22. The van der Waals surface area contributed by atoms with Crippen molar-refractivity contribution in [3.8, 4) is 5.75 Å². The van der Waals surface area contributed by atoms with Crippen LogP contribution in [-0.4, -0.2) is 7.05 Å². The van der Waals surface area contributed by atoms with Gasteiger partial charge < -0.3 is 10.1 Å². The van der Waals surface area contributed by atoms with E-state index in [-0.39, 0.29) is 5.82 Å². The Bertz CT molecular complexity index is 612. The fourth-order valence-corrected chi connectivity index (χ4v) is 2.78. The molecule has 0 radical (unpaired) electrons. The summed E-state index contributed by atoms with van der Waals surface area (Å²) >= 11 is 0. The van der Waals surface area contributed by atoms with Gasteiger partial charge in [-0.15, -0.1) is 0 Å². The van der Waals surface area contributed by atoms with Crippen LogP contribution in [0.4, 0.5) is 4.39 Å². The van der Waals surface area contributed by atoms with E-state index in [1.54, 1.807) is 6.07 Å². The highest BCUT2D eigenvalue weighted by atomic mass is 19.1. The van der Waals surface area contributed by atoms with Crippen molar-refractivity contribution in [3.63, 3.8) is 0 Å². The average molecular weight is 271 g/mol. The number of aryl methyl sites for hydroxylation is 1. The van der Waals surface area contributed by atoms with Gasteiger partial charge in [-0.05, 0) is 60.8 Å². The first-order chi connectivity index (χ1) is 9.76. The number of nitrogens with one attached hydrogen (secondary N) is 1. The van der Waals surface area contributed by atoms with Gasteiger partial charge >= 0.3 is 0 Å². The standard InChI is InChI=1S/C17H18FNO/c1-19-17-8-5-13-10-15(6-7-16(13)17)20-11-12-3-2-4-14(18)9-12/h2-4,6-7,9-10,17,19H,5,8,11H2,1H3. The van der Waals surface area contributed by atoms with Gasteiger partial charge in [0.2, 0.25) is 0 Å². The molecule has 0 fully saturated rings. The van der Waals surface area contributed by atoms with Crippen molar-refractivity contribution in [2.24, 2.45) is 0 Å². The Hall–Kier alpha value is -1.87. The Kier molecular flexibility index (Phi) is 3.70.